The zero-order valence-electron chi connectivity index (χ0n) is 13.6. The maximum Gasteiger partial charge on any atom is 0.272 e. The van der Waals surface area contributed by atoms with E-state index in [0.29, 0.717) is 5.76 Å². The monoisotopic (exact) mass is 381 g/mol. The second-order valence-electron chi connectivity index (χ2n) is 5.24. The zero-order chi connectivity index (χ0) is 17.3. The van der Waals surface area contributed by atoms with Gasteiger partial charge in [0.05, 0.1) is 5.75 Å². The molecule has 0 spiro atoms. The van der Waals surface area contributed by atoms with E-state index >= 15 is 0 Å². The number of thioether (sulfide) groups is 1. The second-order valence-corrected chi connectivity index (χ2v) is 10.0. The minimum Gasteiger partial charge on any atom is -0.463 e. The van der Waals surface area contributed by atoms with Gasteiger partial charge in [-0.1, -0.05) is 38.5 Å². The molecule has 0 bridgehead atoms. The summed E-state index contributed by atoms with van der Waals surface area (Å²) in [5, 5.41) is -0.582. The molecule has 1 heterocycles. The van der Waals surface area contributed by atoms with Crippen LogP contribution >= 0.6 is 11.8 Å². The molecule has 0 unspecified atom stereocenters. The largest absolute Gasteiger partial charge is 0.463 e. The van der Waals surface area contributed by atoms with E-state index < -0.39 is 21.0 Å². The van der Waals surface area contributed by atoms with Gasteiger partial charge in [-0.3, -0.25) is 9.35 Å². The Morgan fingerprint density at radius 2 is 1.87 bits per heavy atom. The van der Waals surface area contributed by atoms with E-state index in [-0.39, 0.29) is 16.6 Å². The summed E-state index contributed by atoms with van der Waals surface area (Å²) < 4.78 is 35.4. The van der Waals surface area contributed by atoms with Gasteiger partial charge in [0.25, 0.3) is 10.1 Å². The van der Waals surface area contributed by atoms with E-state index in [1.807, 2.05) is 6.07 Å². The van der Waals surface area contributed by atoms with Crippen LogP contribution in [0.5, 0.6) is 0 Å². The van der Waals surface area contributed by atoms with Crippen LogP contribution in [0.4, 0.5) is 0 Å². The van der Waals surface area contributed by atoms with Crippen molar-refractivity contribution in [1.29, 1.82) is 0 Å². The lowest BCUT2D eigenvalue weighted by atomic mass is 10.4. The number of carbonyl (C=O) groups excluding carboxylic acids is 1. The first-order valence-electron chi connectivity index (χ1n) is 7.71. The lowest BCUT2D eigenvalue weighted by Crippen LogP contribution is -2.12. The van der Waals surface area contributed by atoms with E-state index in [4.69, 9.17) is 8.97 Å². The first kappa shape index (κ1) is 20.6. The molecule has 0 radical (unpaired) electrons. The highest BCUT2D eigenvalue weighted by Gasteiger charge is 2.23. The lowest BCUT2D eigenvalue weighted by Gasteiger charge is -2.04. The summed E-state index contributed by atoms with van der Waals surface area (Å²) in [5.74, 6) is 2.41. The fraction of sp³-hybridized carbons (Fsp3) is 0.667. The Hall–Kier alpha value is -0.440. The molecule has 5 nitrogen and oxygen atoms in total. The molecule has 0 amide bonds. The molecule has 1 aromatic rings. The molecule has 0 aliphatic rings. The van der Waals surface area contributed by atoms with E-state index in [2.05, 4.69) is 13.8 Å². The summed E-state index contributed by atoms with van der Waals surface area (Å²) >= 11 is 0.848. The van der Waals surface area contributed by atoms with Gasteiger partial charge < -0.3 is 4.42 Å². The van der Waals surface area contributed by atoms with Crippen molar-refractivity contribution >= 4 is 37.9 Å². The Morgan fingerprint density at radius 3 is 2.39 bits per heavy atom. The van der Waals surface area contributed by atoms with E-state index in [1.54, 1.807) is 6.26 Å². The molecule has 0 saturated carbocycles. The molecule has 23 heavy (non-hydrogen) atoms. The molecule has 0 saturated heterocycles. The summed E-state index contributed by atoms with van der Waals surface area (Å²) in [5.41, 5.74) is 0. The highest BCUT2D eigenvalue weighted by Crippen LogP contribution is 2.23. The minimum atomic E-state index is -4.26. The highest BCUT2D eigenvalue weighted by atomic mass is 32.2. The Kier molecular flexibility index (Phi) is 9.34. The summed E-state index contributed by atoms with van der Waals surface area (Å²) in [6.45, 7) is 4.36. The van der Waals surface area contributed by atoms with Crippen LogP contribution in [-0.4, -0.2) is 35.3 Å². The van der Waals surface area contributed by atoms with Crippen LogP contribution in [0.25, 0.3) is 0 Å². The number of hydrogen-bond donors (Lipinski definition) is 1. The quantitative estimate of drug-likeness (QED) is 0.466. The predicted molar refractivity (Wildman–Crippen MR) is 96.6 cm³/mol. The van der Waals surface area contributed by atoms with Crippen molar-refractivity contribution < 1.29 is 22.2 Å². The van der Waals surface area contributed by atoms with Crippen molar-refractivity contribution in [2.45, 2.75) is 50.2 Å². The zero-order valence-corrected chi connectivity index (χ0v) is 16.1. The van der Waals surface area contributed by atoms with Gasteiger partial charge in [-0.25, -0.2) is 0 Å². The van der Waals surface area contributed by atoms with Gasteiger partial charge in [-0.2, -0.15) is 8.42 Å². The molecule has 1 N–H and O–H groups in total. The average molecular weight is 382 g/mol. The standard InChI is InChI=1S/C15H24O5S3/c1-3-5-7-22(8-6-4-2)14-9-13(20-10-14)11-21-15(16)12-23(17,18)19/h9-10H,3-8,11-12H2,1-2H3/p+1. The van der Waals surface area contributed by atoms with Gasteiger partial charge in [0.15, 0.2) is 4.90 Å². The number of rotatable bonds is 11. The van der Waals surface area contributed by atoms with E-state index in [1.165, 1.54) is 30.6 Å². The molecule has 0 atom stereocenters. The summed E-state index contributed by atoms with van der Waals surface area (Å²) in [4.78, 5) is 12.6. The normalized spacial score (nSPS) is 12.0. The van der Waals surface area contributed by atoms with Crippen molar-refractivity contribution in [2.24, 2.45) is 0 Å². The van der Waals surface area contributed by atoms with Gasteiger partial charge in [0.1, 0.15) is 29.3 Å². The molecular formula is C15H25O5S3+. The number of furan rings is 1. The van der Waals surface area contributed by atoms with Crippen LogP contribution < -0.4 is 0 Å². The summed E-state index contributed by atoms with van der Waals surface area (Å²) in [6, 6.07) is 1.97. The van der Waals surface area contributed by atoms with Crippen molar-refractivity contribution in [3.63, 3.8) is 0 Å². The number of hydrogen-bond acceptors (Lipinski definition) is 5. The maximum absolute atomic E-state index is 11.4. The van der Waals surface area contributed by atoms with Crippen molar-refractivity contribution in [3.05, 3.63) is 18.1 Å². The molecular weight excluding hydrogens is 356 g/mol. The Labute approximate surface area is 145 Å². The number of unbranched alkanes of at least 4 members (excludes halogenated alkanes) is 2. The molecule has 1 rings (SSSR count). The third-order valence-electron chi connectivity index (χ3n) is 3.13. The lowest BCUT2D eigenvalue weighted by molar-refractivity contribution is -0.108. The van der Waals surface area contributed by atoms with Gasteiger partial charge in [-0.15, -0.1) is 0 Å². The molecule has 0 aromatic carbocycles. The Morgan fingerprint density at radius 1 is 1.26 bits per heavy atom. The van der Waals surface area contributed by atoms with Crippen LogP contribution in [-0.2, 0) is 31.6 Å². The van der Waals surface area contributed by atoms with Crippen LogP contribution in [0.1, 0.15) is 45.3 Å². The molecule has 132 valence electrons. The Bertz CT molecular complexity index is 572. The van der Waals surface area contributed by atoms with Crippen molar-refractivity contribution in [1.82, 2.24) is 0 Å². The molecule has 8 heteroatoms. The van der Waals surface area contributed by atoms with Crippen molar-refractivity contribution in [2.75, 3.05) is 17.3 Å². The molecule has 0 fully saturated rings. The first-order valence-corrected chi connectivity index (χ1v) is 11.9. The average Bonchev–Trinajstić information content (AvgIpc) is 2.92. The van der Waals surface area contributed by atoms with Gasteiger partial charge >= 0.3 is 0 Å². The smallest absolute Gasteiger partial charge is 0.272 e. The SMILES string of the molecule is CCCC[S+](CCCC)c1coc(CSC(=O)CS(=O)(=O)O)c1. The molecule has 0 aliphatic carbocycles. The highest BCUT2D eigenvalue weighted by molar-refractivity contribution is 8.14. The topological polar surface area (TPSA) is 84.6 Å². The molecule has 0 aliphatic heterocycles. The first-order chi connectivity index (χ1) is 10.9. The van der Waals surface area contributed by atoms with Crippen LogP contribution in [0.15, 0.2) is 21.6 Å². The van der Waals surface area contributed by atoms with Gasteiger partial charge in [-0.05, 0) is 12.8 Å². The van der Waals surface area contributed by atoms with Crippen molar-refractivity contribution in [3.8, 4) is 0 Å². The number of carbonyl (C=O) groups is 1. The molecule has 1 aromatic heterocycles. The second kappa shape index (κ2) is 10.4. The fourth-order valence-electron chi connectivity index (χ4n) is 1.90. The minimum absolute atomic E-state index is 0.179. The third-order valence-corrected chi connectivity index (χ3v) is 7.28. The predicted octanol–water partition coefficient (Wildman–Crippen LogP) is 3.50. The third kappa shape index (κ3) is 8.83. The van der Waals surface area contributed by atoms with Gasteiger partial charge in [0, 0.05) is 17.0 Å². The maximum atomic E-state index is 11.4. The van der Waals surface area contributed by atoms with E-state index in [9.17, 15) is 13.2 Å². The van der Waals surface area contributed by atoms with Crippen LogP contribution in [0.3, 0.4) is 0 Å². The Balaban J connectivity index is 2.58. The fourth-order valence-corrected chi connectivity index (χ4v) is 5.87. The summed E-state index contributed by atoms with van der Waals surface area (Å²) in [6.07, 6.45) is 6.47. The summed E-state index contributed by atoms with van der Waals surface area (Å²) in [7, 11) is -4.08. The van der Waals surface area contributed by atoms with Crippen LogP contribution in [0.2, 0.25) is 0 Å². The van der Waals surface area contributed by atoms with Gasteiger partial charge in [0.2, 0.25) is 5.12 Å². The van der Waals surface area contributed by atoms with Crippen LogP contribution in [0, 0.1) is 0 Å². The van der Waals surface area contributed by atoms with E-state index in [0.717, 1.165) is 23.3 Å².